The Morgan fingerprint density at radius 2 is 1.70 bits per heavy atom. The summed E-state index contributed by atoms with van der Waals surface area (Å²) >= 11 is 6.27. The van der Waals surface area contributed by atoms with Gasteiger partial charge in [0.15, 0.2) is 0 Å². The van der Waals surface area contributed by atoms with Crippen LogP contribution in [0, 0.1) is 5.82 Å². The van der Waals surface area contributed by atoms with E-state index in [9.17, 15) is 4.39 Å². The average molecular weight is 460 g/mol. The van der Waals surface area contributed by atoms with Crippen LogP contribution in [0.1, 0.15) is 43.4 Å². The molecule has 4 aromatic rings. The van der Waals surface area contributed by atoms with Gasteiger partial charge in [0.25, 0.3) is 0 Å². The zero-order valence-corrected chi connectivity index (χ0v) is 19.9. The van der Waals surface area contributed by atoms with Crippen molar-refractivity contribution in [2.45, 2.75) is 32.7 Å². The monoisotopic (exact) mass is 459 g/mol. The van der Waals surface area contributed by atoms with Crippen molar-refractivity contribution in [3.05, 3.63) is 100 Å². The molecule has 0 bridgehead atoms. The maximum absolute atomic E-state index is 14.3. The normalized spacial score (nSPS) is 14.7. The summed E-state index contributed by atoms with van der Waals surface area (Å²) in [6.45, 7) is 7.97. The summed E-state index contributed by atoms with van der Waals surface area (Å²) in [5, 5.41) is 2.95. The van der Waals surface area contributed by atoms with Gasteiger partial charge in [0, 0.05) is 17.0 Å². The van der Waals surface area contributed by atoms with E-state index in [0.29, 0.717) is 17.8 Å². The van der Waals surface area contributed by atoms with E-state index in [1.807, 2.05) is 30.3 Å². The molecule has 0 heterocycles. The van der Waals surface area contributed by atoms with Crippen molar-refractivity contribution in [3.8, 4) is 16.9 Å². The molecule has 1 atom stereocenters. The van der Waals surface area contributed by atoms with Crippen molar-refractivity contribution in [2.24, 2.45) is 0 Å². The van der Waals surface area contributed by atoms with Crippen LogP contribution in [-0.4, -0.2) is 24.2 Å². The molecule has 5 rings (SSSR count). The molecule has 0 aromatic heterocycles. The van der Waals surface area contributed by atoms with Crippen LogP contribution >= 0.6 is 11.6 Å². The molecular formula is C29H27ClFNO. The van der Waals surface area contributed by atoms with Crippen LogP contribution in [0.25, 0.3) is 21.9 Å². The minimum Gasteiger partial charge on any atom is -0.478 e. The summed E-state index contributed by atoms with van der Waals surface area (Å²) in [5.74, 6) is 0.569. The zero-order chi connectivity index (χ0) is 23.1. The number of halogens is 2. The highest BCUT2D eigenvalue weighted by Crippen LogP contribution is 2.51. The maximum atomic E-state index is 14.3. The van der Waals surface area contributed by atoms with Gasteiger partial charge in [-0.15, -0.1) is 0 Å². The average Bonchev–Trinajstić information content (AvgIpc) is 3.13. The van der Waals surface area contributed by atoms with E-state index >= 15 is 0 Å². The van der Waals surface area contributed by atoms with Gasteiger partial charge in [-0.2, -0.15) is 0 Å². The first-order chi connectivity index (χ1) is 16.0. The molecule has 1 aliphatic carbocycles. The third-order valence-electron chi connectivity index (χ3n) is 6.67. The molecular weight excluding hydrogens is 433 g/mol. The predicted octanol–water partition coefficient (Wildman–Crippen LogP) is 7.86. The minimum absolute atomic E-state index is 0.0487. The van der Waals surface area contributed by atoms with Crippen molar-refractivity contribution in [1.82, 2.24) is 4.90 Å². The molecule has 0 saturated carbocycles. The van der Waals surface area contributed by atoms with Gasteiger partial charge in [0.2, 0.25) is 0 Å². The molecule has 2 nitrogen and oxygen atoms in total. The van der Waals surface area contributed by atoms with E-state index in [4.69, 9.17) is 16.3 Å². The van der Waals surface area contributed by atoms with Gasteiger partial charge in [-0.05, 0) is 95.4 Å². The van der Waals surface area contributed by atoms with Gasteiger partial charge in [-0.1, -0.05) is 54.9 Å². The predicted molar refractivity (Wildman–Crippen MR) is 135 cm³/mol. The second-order valence-corrected chi connectivity index (χ2v) is 9.33. The molecule has 0 radical (unpaired) electrons. The van der Waals surface area contributed by atoms with Gasteiger partial charge >= 0.3 is 0 Å². The zero-order valence-electron chi connectivity index (χ0n) is 19.1. The van der Waals surface area contributed by atoms with Crippen LogP contribution < -0.4 is 4.74 Å². The lowest BCUT2D eigenvalue weighted by atomic mass is 9.86. The van der Waals surface area contributed by atoms with Gasteiger partial charge < -0.3 is 4.74 Å². The van der Waals surface area contributed by atoms with Crippen LogP contribution in [0.4, 0.5) is 4.39 Å². The Labute approximate surface area is 199 Å². The summed E-state index contributed by atoms with van der Waals surface area (Å²) in [7, 11) is 0. The van der Waals surface area contributed by atoms with Gasteiger partial charge in [-0.25, -0.2) is 4.39 Å². The van der Waals surface area contributed by atoms with Crippen molar-refractivity contribution in [2.75, 3.05) is 13.3 Å². The lowest BCUT2D eigenvalue weighted by molar-refractivity contribution is 0.103. The Morgan fingerprint density at radius 1 is 0.939 bits per heavy atom. The highest BCUT2D eigenvalue weighted by molar-refractivity contribution is 6.31. The SMILES string of the molecule is CCN(COc1ccc(C2c3cc(F)ccc3-c3ccc4cc(Cl)ccc4c32)cc1)C(C)C. The molecule has 33 heavy (non-hydrogen) atoms. The number of benzene rings is 4. The number of hydrogen-bond acceptors (Lipinski definition) is 2. The quantitative estimate of drug-likeness (QED) is 0.239. The van der Waals surface area contributed by atoms with Crippen molar-refractivity contribution in [1.29, 1.82) is 0 Å². The number of rotatable bonds is 6. The highest BCUT2D eigenvalue weighted by atomic mass is 35.5. The van der Waals surface area contributed by atoms with Gasteiger partial charge in [-0.3, -0.25) is 4.90 Å². The first kappa shape index (κ1) is 21.9. The largest absolute Gasteiger partial charge is 0.478 e. The number of fused-ring (bicyclic) bond motifs is 5. The number of ether oxygens (including phenoxy) is 1. The Kier molecular flexibility index (Phi) is 5.86. The van der Waals surface area contributed by atoms with Crippen LogP contribution in [0.2, 0.25) is 5.02 Å². The molecule has 4 aromatic carbocycles. The fourth-order valence-corrected chi connectivity index (χ4v) is 5.09. The van der Waals surface area contributed by atoms with E-state index in [-0.39, 0.29) is 11.7 Å². The molecule has 0 amide bonds. The number of nitrogens with zero attached hydrogens (tertiary/aromatic N) is 1. The molecule has 0 N–H and O–H groups in total. The molecule has 1 aliphatic rings. The maximum Gasteiger partial charge on any atom is 0.142 e. The first-order valence-electron chi connectivity index (χ1n) is 11.4. The minimum atomic E-state index is -0.216. The number of hydrogen-bond donors (Lipinski definition) is 0. The Hall–Kier alpha value is -2.88. The molecule has 1 unspecified atom stereocenters. The second-order valence-electron chi connectivity index (χ2n) is 8.90. The summed E-state index contributed by atoms with van der Waals surface area (Å²) in [5.41, 5.74) is 5.56. The van der Waals surface area contributed by atoms with E-state index < -0.39 is 0 Å². The van der Waals surface area contributed by atoms with Gasteiger partial charge in [0.05, 0.1) is 0 Å². The fraction of sp³-hybridized carbons (Fsp3) is 0.241. The van der Waals surface area contributed by atoms with Crippen LogP contribution in [0.3, 0.4) is 0 Å². The molecule has 4 heteroatoms. The van der Waals surface area contributed by atoms with Crippen LogP contribution in [0.5, 0.6) is 5.75 Å². The topological polar surface area (TPSA) is 12.5 Å². The fourth-order valence-electron chi connectivity index (χ4n) is 4.91. The summed E-state index contributed by atoms with van der Waals surface area (Å²) in [6.07, 6.45) is 0. The van der Waals surface area contributed by atoms with Gasteiger partial charge in [0.1, 0.15) is 18.3 Å². The molecule has 0 aliphatic heterocycles. The van der Waals surface area contributed by atoms with E-state index in [1.54, 1.807) is 12.1 Å². The second kappa shape index (κ2) is 8.81. The standard InChI is InChI=1S/C29H27ClFNO/c1-4-32(18(2)3)17-33-23-10-5-19(6-11-23)28-27-16-22(31)9-14-25(27)26-12-7-20-15-21(30)8-13-24(20)29(26)28/h5-16,18,28H,4,17H2,1-3H3. The third-order valence-corrected chi connectivity index (χ3v) is 6.91. The van der Waals surface area contributed by atoms with Crippen LogP contribution in [-0.2, 0) is 0 Å². The Balaban J connectivity index is 1.56. The van der Waals surface area contributed by atoms with E-state index in [0.717, 1.165) is 45.3 Å². The van der Waals surface area contributed by atoms with Crippen molar-refractivity contribution in [3.63, 3.8) is 0 Å². The summed E-state index contributed by atoms with van der Waals surface area (Å²) in [6, 6.07) is 24.0. The summed E-state index contributed by atoms with van der Waals surface area (Å²) in [4.78, 5) is 2.26. The Bertz CT molecular complexity index is 1320. The summed E-state index contributed by atoms with van der Waals surface area (Å²) < 4.78 is 20.4. The Morgan fingerprint density at radius 3 is 2.42 bits per heavy atom. The lowest BCUT2D eigenvalue weighted by Crippen LogP contribution is -2.34. The molecule has 168 valence electrons. The molecule has 0 spiro atoms. The van der Waals surface area contributed by atoms with E-state index in [1.165, 1.54) is 5.56 Å². The van der Waals surface area contributed by atoms with Crippen molar-refractivity contribution >= 4 is 22.4 Å². The van der Waals surface area contributed by atoms with Crippen LogP contribution in [0.15, 0.2) is 72.8 Å². The molecule has 0 saturated heterocycles. The van der Waals surface area contributed by atoms with E-state index in [2.05, 4.69) is 56.0 Å². The highest BCUT2D eigenvalue weighted by Gasteiger charge is 2.32. The van der Waals surface area contributed by atoms with Crippen molar-refractivity contribution < 1.29 is 9.13 Å². The molecule has 0 fully saturated rings. The smallest absolute Gasteiger partial charge is 0.142 e. The third kappa shape index (κ3) is 4.01. The lowest BCUT2D eigenvalue weighted by Gasteiger charge is -2.24. The first-order valence-corrected chi connectivity index (χ1v) is 11.8.